The molecule has 4 aromatic rings. The first-order valence-electron chi connectivity index (χ1n) is 13.4. The Morgan fingerprint density at radius 3 is 1.23 bits per heavy atom. The summed E-state index contributed by atoms with van der Waals surface area (Å²) in [4.78, 5) is 12.5. The van der Waals surface area contributed by atoms with E-state index in [0.29, 0.717) is 0 Å². The molecule has 0 spiro atoms. The fraction of sp³-hybridized carbons (Fsp3) is 0.265. The first-order chi connectivity index (χ1) is 19.8. The maximum Gasteiger partial charge on any atom is 0.151 e. The van der Waals surface area contributed by atoms with Crippen molar-refractivity contribution in [3.63, 3.8) is 0 Å². The average molecular weight is 541 g/mol. The molecule has 6 nitrogen and oxygen atoms in total. The van der Waals surface area contributed by atoms with Crippen LogP contribution in [0.5, 0.6) is 0 Å². The lowest BCUT2D eigenvalue weighted by Gasteiger charge is -2.35. The van der Waals surface area contributed by atoms with Crippen LogP contribution in [0.1, 0.15) is 22.3 Å². The van der Waals surface area contributed by atoms with Gasteiger partial charge in [-0.15, -0.1) is 0 Å². The predicted octanol–water partition coefficient (Wildman–Crippen LogP) is 5.52. The van der Waals surface area contributed by atoms with Gasteiger partial charge in [-0.05, 0) is 22.3 Å². The third-order valence-corrected chi connectivity index (χ3v) is 6.49. The number of aliphatic hydroxyl groups excluding tert-OH is 1. The van der Waals surface area contributed by atoms with Crippen molar-refractivity contribution in [2.24, 2.45) is 0 Å². The van der Waals surface area contributed by atoms with Gasteiger partial charge < -0.3 is 28.8 Å². The molecule has 0 aromatic heterocycles. The summed E-state index contributed by atoms with van der Waals surface area (Å²) in [5.74, 6) is 0. The van der Waals surface area contributed by atoms with Crippen LogP contribution < -0.4 is 0 Å². The summed E-state index contributed by atoms with van der Waals surface area (Å²) in [5, 5.41) is 10.5. The molecule has 0 radical (unpaired) electrons. The maximum atomic E-state index is 12.5. The Morgan fingerprint density at radius 2 is 0.850 bits per heavy atom. The second kappa shape index (κ2) is 16.5. The molecule has 0 heterocycles. The molecule has 0 bridgehead atoms. The Balaban J connectivity index is 1.60. The van der Waals surface area contributed by atoms with Gasteiger partial charge in [0.15, 0.2) is 6.29 Å². The Hall–Kier alpha value is -3.65. The molecule has 4 aromatic carbocycles. The van der Waals surface area contributed by atoms with Crippen molar-refractivity contribution in [3.8, 4) is 0 Å². The maximum absolute atomic E-state index is 12.5. The number of benzene rings is 4. The third kappa shape index (κ3) is 9.23. The van der Waals surface area contributed by atoms with Crippen LogP contribution in [0.2, 0.25) is 0 Å². The molecule has 0 amide bonds. The van der Waals surface area contributed by atoms with Crippen LogP contribution in [0.4, 0.5) is 0 Å². The zero-order chi connectivity index (χ0) is 27.8. The number of hydrogen-bond donors (Lipinski definition) is 1. The summed E-state index contributed by atoms with van der Waals surface area (Å²) in [7, 11) is 0. The van der Waals surface area contributed by atoms with Gasteiger partial charge in [0, 0.05) is 0 Å². The topological polar surface area (TPSA) is 74.2 Å². The lowest BCUT2D eigenvalue weighted by molar-refractivity contribution is -0.194. The minimum absolute atomic E-state index is 0.218. The zero-order valence-corrected chi connectivity index (χ0v) is 22.5. The SMILES string of the molecule is O=C[C@H](OCc1ccccc1)[C@H](OCc1ccccc1)[C@@H](OCc1ccccc1)[C@@H](CO)OCc1ccccc1. The highest BCUT2D eigenvalue weighted by Crippen LogP contribution is 2.22. The first-order valence-corrected chi connectivity index (χ1v) is 13.4. The van der Waals surface area contributed by atoms with E-state index in [1.54, 1.807) is 0 Å². The van der Waals surface area contributed by atoms with Crippen LogP contribution in [-0.2, 0) is 50.2 Å². The van der Waals surface area contributed by atoms with Gasteiger partial charge in [0.05, 0.1) is 33.0 Å². The van der Waals surface area contributed by atoms with E-state index in [1.807, 2.05) is 121 Å². The molecule has 0 aliphatic heterocycles. The standard InChI is InChI=1S/C34H36O6/c35-21-31(37-23-27-13-5-1-6-14-27)33(39-25-29-17-9-3-10-18-29)34(40-26-30-19-11-4-12-20-30)32(22-36)38-24-28-15-7-2-8-16-28/h1-21,31-34,36H,22-26H2/t31-,32+,33-,34-/m0/s1. The number of carbonyl (C=O) groups excluding carboxylic acids is 1. The van der Waals surface area contributed by atoms with E-state index < -0.39 is 24.4 Å². The van der Waals surface area contributed by atoms with Crippen LogP contribution in [0.25, 0.3) is 0 Å². The molecule has 4 atom stereocenters. The summed E-state index contributed by atoms with van der Waals surface area (Å²) >= 11 is 0. The quantitative estimate of drug-likeness (QED) is 0.178. The minimum atomic E-state index is -0.973. The van der Waals surface area contributed by atoms with Gasteiger partial charge in [-0.25, -0.2) is 0 Å². The van der Waals surface area contributed by atoms with Crippen molar-refractivity contribution < 1.29 is 28.8 Å². The van der Waals surface area contributed by atoms with Crippen LogP contribution >= 0.6 is 0 Å². The van der Waals surface area contributed by atoms with Crippen LogP contribution in [0.3, 0.4) is 0 Å². The number of rotatable bonds is 17. The highest BCUT2D eigenvalue weighted by molar-refractivity contribution is 5.57. The number of aldehydes is 1. The number of ether oxygens (including phenoxy) is 4. The molecule has 1 N–H and O–H groups in total. The smallest absolute Gasteiger partial charge is 0.151 e. The van der Waals surface area contributed by atoms with Gasteiger partial charge in [-0.2, -0.15) is 0 Å². The van der Waals surface area contributed by atoms with Crippen LogP contribution in [0.15, 0.2) is 121 Å². The molecule has 0 aliphatic rings. The van der Waals surface area contributed by atoms with E-state index in [1.165, 1.54) is 0 Å². The van der Waals surface area contributed by atoms with Gasteiger partial charge >= 0.3 is 0 Å². The second-order valence-electron chi connectivity index (χ2n) is 9.44. The van der Waals surface area contributed by atoms with E-state index in [4.69, 9.17) is 18.9 Å². The Kier molecular flexibility index (Phi) is 12.1. The van der Waals surface area contributed by atoms with Crippen molar-refractivity contribution in [3.05, 3.63) is 144 Å². The normalized spacial score (nSPS) is 14.2. The number of aliphatic hydroxyl groups is 1. The van der Waals surface area contributed by atoms with Gasteiger partial charge in [0.1, 0.15) is 24.4 Å². The highest BCUT2D eigenvalue weighted by atomic mass is 16.6. The summed E-state index contributed by atoms with van der Waals surface area (Å²) in [5.41, 5.74) is 3.77. The molecule has 0 unspecified atom stereocenters. The minimum Gasteiger partial charge on any atom is -0.394 e. The zero-order valence-electron chi connectivity index (χ0n) is 22.5. The third-order valence-electron chi connectivity index (χ3n) is 6.49. The molecule has 0 fully saturated rings. The summed E-state index contributed by atoms with van der Waals surface area (Å²) in [6.45, 7) is 0.620. The molecule has 0 saturated heterocycles. The Morgan fingerprint density at radius 1 is 0.500 bits per heavy atom. The van der Waals surface area contributed by atoms with Crippen LogP contribution in [-0.4, -0.2) is 42.4 Å². The molecular formula is C34H36O6. The fourth-order valence-corrected chi connectivity index (χ4v) is 4.33. The molecule has 0 saturated carbocycles. The highest BCUT2D eigenvalue weighted by Gasteiger charge is 2.38. The Bertz CT molecular complexity index is 1220. The lowest BCUT2D eigenvalue weighted by Crippen LogP contribution is -2.51. The number of carbonyl (C=O) groups is 1. The lowest BCUT2D eigenvalue weighted by atomic mass is 10.0. The van der Waals surface area contributed by atoms with Gasteiger partial charge in [0.2, 0.25) is 0 Å². The largest absolute Gasteiger partial charge is 0.394 e. The van der Waals surface area contributed by atoms with Gasteiger partial charge in [0.25, 0.3) is 0 Å². The molecule has 0 aliphatic carbocycles. The fourth-order valence-electron chi connectivity index (χ4n) is 4.33. The molecule has 40 heavy (non-hydrogen) atoms. The Labute approximate surface area is 236 Å². The van der Waals surface area contributed by atoms with Crippen molar-refractivity contribution in [1.29, 1.82) is 0 Å². The van der Waals surface area contributed by atoms with Crippen molar-refractivity contribution >= 4 is 6.29 Å². The van der Waals surface area contributed by atoms with Gasteiger partial charge in [-0.1, -0.05) is 121 Å². The molecule has 4 rings (SSSR count). The molecule has 6 heteroatoms. The summed E-state index contributed by atoms with van der Waals surface area (Å²) in [6.07, 6.45) is -2.70. The summed E-state index contributed by atoms with van der Waals surface area (Å²) < 4.78 is 25.1. The van der Waals surface area contributed by atoms with Crippen molar-refractivity contribution in [1.82, 2.24) is 0 Å². The monoisotopic (exact) mass is 540 g/mol. The van der Waals surface area contributed by atoms with E-state index in [2.05, 4.69) is 0 Å². The number of hydrogen-bond acceptors (Lipinski definition) is 6. The van der Waals surface area contributed by atoms with E-state index in [-0.39, 0.29) is 33.0 Å². The average Bonchev–Trinajstić information content (AvgIpc) is 3.02. The van der Waals surface area contributed by atoms with E-state index in [9.17, 15) is 9.90 Å². The summed E-state index contributed by atoms with van der Waals surface area (Å²) in [6, 6.07) is 38.8. The van der Waals surface area contributed by atoms with Gasteiger partial charge in [-0.3, -0.25) is 0 Å². The second-order valence-corrected chi connectivity index (χ2v) is 9.44. The van der Waals surface area contributed by atoms with E-state index >= 15 is 0 Å². The first kappa shape index (κ1) is 29.3. The van der Waals surface area contributed by atoms with E-state index in [0.717, 1.165) is 28.5 Å². The molecular weight excluding hydrogens is 504 g/mol. The molecule has 208 valence electrons. The van der Waals surface area contributed by atoms with Crippen LogP contribution in [0, 0.1) is 0 Å². The van der Waals surface area contributed by atoms with Crippen molar-refractivity contribution in [2.75, 3.05) is 6.61 Å². The predicted molar refractivity (Wildman–Crippen MR) is 153 cm³/mol. The van der Waals surface area contributed by atoms with Crippen molar-refractivity contribution in [2.45, 2.75) is 50.8 Å².